The zero-order valence-electron chi connectivity index (χ0n) is 18.6. The Labute approximate surface area is 184 Å². The lowest BCUT2D eigenvalue weighted by atomic mass is 9.83. The fraction of sp³-hybridized carbons (Fsp3) is 0.739. The maximum atomic E-state index is 13.2. The van der Waals surface area contributed by atoms with Crippen LogP contribution in [0.4, 0.5) is 0 Å². The number of nitrogens with zero attached hydrogens (tertiary/aromatic N) is 2. The largest absolute Gasteiger partial charge is 0.467 e. The van der Waals surface area contributed by atoms with Crippen molar-refractivity contribution in [2.45, 2.75) is 95.7 Å². The smallest absolute Gasteiger partial charge is 0.328 e. The number of imidazole rings is 1. The lowest BCUT2D eigenvalue weighted by Gasteiger charge is -2.31. The maximum absolute atomic E-state index is 13.2. The number of carbonyl (C=O) groups excluding carboxylic acids is 3. The van der Waals surface area contributed by atoms with Crippen molar-refractivity contribution in [2.24, 2.45) is 5.92 Å². The van der Waals surface area contributed by atoms with E-state index in [4.69, 9.17) is 4.74 Å². The third-order valence-electron chi connectivity index (χ3n) is 6.44. The van der Waals surface area contributed by atoms with E-state index >= 15 is 0 Å². The van der Waals surface area contributed by atoms with E-state index in [1.54, 1.807) is 6.33 Å². The number of aryl methyl sites for hydroxylation is 1. The number of rotatable bonds is 2. The minimum Gasteiger partial charge on any atom is -0.467 e. The molecule has 0 aromatic carbocycles. The van der Waals surface area contributed by atoms with Crippen LogP contribution in [0, 0.1) is 5.92 Å². The monoisotopic (exact) mass is 432 g/mol. The molecule has 2 aliphatic rings. The molecule has 0 radical (unpaired) electrons. The number of amides is 2. The van der Waals surface area contributed by atoms with E-state index in [-0.39, 0.29) is 24.2 Å². The molecule has 2 amide bonds. The van der Waals surface area contributed by atoms with E-state index in [9.17, 15) is 14.4 Å². The molecule has 1 saturated carbocycles. The van der Waals surface area contributed by atoms with Crippen LogP contribution < -0.4 is 10.6 Å². The van der Waals surface area contributed by atoms with Crippen LogP contribution in [0.3, 0.4) is 0 Å². The molecule has 31 heavy (non-hydrogen) atoms. The summed E-state index contributed by atoms with van der Waals surface area (Å²) in [5.41, 5.74) is 0.735. The van der Waals surface area contributed by atoms with Crippen molar-refractivity contribution >= 4 is 17.8 Å². The molecule has 1 aliphatic carbocycles. The standard InChI is InChI=1S/C23H36N4O4/c1-31-23(30)19-14-18-15-27(16-24-18)13-9-4-2-3-8-12-20(28)26-21(22(29)25-19)17-10-6-5-7-11-17/h15-17,19,21H,2-14H2,1H3,(H,25,29)(H,26,28). The summed E-state index contributed by atoms with van der Waals surface area (Å²) in [6.45, 7) is 0.868. The van der Waals surface area contributed by atoms with Gasteiger partial charge in [-0.3, -0.25) is 9.59 Å². The molecule has 3 rings (SSSR count). The molecule has 8 heteroatoms. The number of esters is 1. The molecule has 2 heterocycles. The number of aromatic nitrogens is 2. The highest BCUT2D eigenvalue weighted by Crippen LogP contribution is 2.27. The summed E-state index contributed by atoms with van der Waals surface area (Å²) in [5, 5.41) is 5.84. The lowest BCUT2D eigenvalue weighted by molar-refractivity contribution is -0.145. The summed E-state index contributed by atoms with van der Waals surface area (Å²) in [7, 11) is 1.32. The average molecular weight is 433 g/mol. The first kappa shape index (κ1) is 23.3. The Morgan fingerprint density at radius 1 is 1.03 bits per heavy atom. The van der Waals surface area contributed by atoms with Crippen molar-refractivity contribution in [2.75, 3.05) is 7.11 Å². The quantitative estimate of drug-likeness (QED) is 0.699. The van der Waals surface area contributed by atoms with Crippen LogP contribution in [0.15, 0.2) is 12.5 Å². The van der Waals surface area contributed by atoms with E-state index in [0.29, 0.717) is 6.42 Å². The molecular formula is C23H36N4O4. The third-order valence-corrected chi connectivity index (χ3v) is 6.44. The van der Waals surface area contributed by atoms with Gasteiger partial charge in [-0.05, 0) is 31.6 Å². The fourth-order valence-corrected chi connectivity index (χ4v) is 4.66. The van der Waals surface area contributed by atoms with Crippen LogP contribution >= 0.6 is 0 Å². The van der Waals surface area contributed by atoms with Crippen molar-refractivity contribution in [1.82, 2.24) is 20.2 Å². The van der Waals surface area contributed by atoms with E-state index in [0.717, 1.165) is 76.4 Å². The van der Waals surface area contributed by atoms with Gasteiger partial charge in [0, 0.05) is 25.6 Å². The van der Waals surface area contributed by atoms with Gasteiger partial charge < -0.3 is 19.9 Å². The van der Waals surface area contributed by atoms with E-state index < -0.39 is 18.1 Å². The summed E-state index contributed by atoms with van der Waals surface area (Å²) >= 11 is 0. The van der Waals surface area contributed by atoms with Crippen molar-refractivity contribution in [3.63, 3.8) is 0 Å². The third kappa shape index (κ3) is 7.08. The molecule has 0 saturated heterocycles. The second-order valence-electron chi connectivity index (χ2n) is 8.85. The molecule has 172 valence electrons. The van der Waals surface area contributed by atoms with Gasteiger partial charge in [-0.15, -0.1) is 0 Å². The lowest BCUT2D eigenvalue weighted by Crippen LogP contribution is -2.55. The highest BCUT2D eigenvalue weighted by atomic mass is 16.5. The normalized spacial score (nSPS) is 25.2. The van der Waals surface area contributed by atoms with Crippen molar-refractivity contribution in [3.8, 4) is 0 Å². The Kier molecular flexibility index (Phi) is 8.91. The topological polar surface area (TPSA) is 102 Å². The van der Waals surface area contributed by atoms with Crippen LogP contribution in [0.1, 0.15) is 76.3 Å². The van der Waals surface area contributed by atoms with Gasteiger partial charge >= 0.3 is 5.97 Å². The zero-order valence-corrected chi connectivity index (χ0v) is 18.6. The van der Waals surface area contributed by atoms with Gasteiger partial charge in [-0.25, -0.2) is 9.78 Å². The zero-order chi connectivity index (χ0) is 22.1. The van der Waals surface area contributed by atoms with E-state index in [1.807, 2.05) is 10.8 Å². The molecular weight excluding hydrogens is 396 g/mol. The minimum absolute atomic E-state index is 0.0814. The summed E-state index contributed by atoms with van der Waals surface area (Å²) in [4.78, 5) is 42.6. The van der Waals surface area contributed by atoms with Crippen LogP contribution in [0.25, 0.3) is 0 Å². The Hall–Kier alpha value is -2.38. The molecule has 1 aromatic rings. The number of fused-ring (bicyclic) bond motifs is 2. The van der Waals surface area contributed by atoms with Gasteiger partial charge in [0.05, 0.1) is 19.1 Å². The fourth-order valence-electron chi connectivity index (χ4n) is 4.66. The number of hydrogen-bond donors (Lipinski definition) is 2. The van der Waals surface area contributed by atoms with Gasteiger partial charge in [0.25, 0.3) is 0 Å². The SMILES string of the molecule is COC(=O)C1Cc2cn(cn2)CCCCCCCC(=O)NC(C2CCCCC2)C(=O)N1. The number of carbonyl (C=O) groups is 3. The molecule has 2 unspecified atom stereocenters. The van der Waals surface area contributed by atoms with Crippen LogP contribution in [-0.2, 0) is 32.1 Å². The molecule has 2 atom stereocenters. The summed E-state index contributed by atoms with van der Waals surface area (Å²) < 4.78 is 6.96. The minimum atomic E-state index is -0.834. The Balaban J connectivity index is 1.79. The molecule has 8 nitrogen and oxygen atoms in total. The highest BCUT2D eigenvalue weighted by Gasteiger charge is 2.33. The molecule has 2 N–H and O–H groups in total. The molecule has 1 fully saturated rings. The van der Waals surface area contributed by atoms with Gasteiger partial charge in [0.1, 0.15) is 12.1 Å². The average Bonchev–Trinajstić information content (AvgIpc) is 3.23. The highest BCUT2D eigenvalue weighted by molar-refractivity contribution is 5.91. The van der Waals surface area contributed by atoms with E-state index in [2.05, 4.69) is 15.6 Å². The Morgan fingerprint density at radius 2 is 1.74 bits per heavy atom. The first-order valence-electron chi connectivity index (χ1n) is 11.7. The second kappa shape index (κ2) is 11.9. The van der Waals surface area contributed by atoms with Crippen LogP contribution in [0.5, 0.6) is 0 Å². The summed E-state index contributed by atoms with van der Waals surface area (Å²) in [6, 6.07) is -1.45. The predicted molar refractivity (Wildman–Crippen MR) is 116 cm³/mol. The van der Waals surface area contributed by atoms with Crippen molar-refractivity contribution in [3.05, 3.63) is 18.2 Å². The van der Waals surface area contributed by atoms with E-state index in [1.165, 1.54) is 7.11 Å². The van der Waals surface area contributed by atoms with Crippen molar-refractivity contribution in [1.29, 1.82) is 0 Å². The number of ether oxygens (including phenoxy) is 1. The van der Waals surface area contributed by atoms with Gasteiger partial charge in [0.15, 0.2) is 0 Å². The number of hydrogen-bond acceptors (Lipinski definition) is 5. The summed E-state index contributed by atoms with van der Waals surface area (Å²) in [6.07, 6.45) is 14.6. The van der Waals surface area contributed by atoms with Gasteiger partial charge in [-0.2, -0.15) is 0 Å². The first-order valence-corrected chi connectivity index (χ1v) is 11.7. The molecule has 1 aliphatic heterocycles. The maximum Gasteiger partial charge on any atom is 0.328 e. The Morgan fingerprint density at radius 3 is 2.52 bits per heavy atom. The molecule has 0 spiro atoms. The second-order valence-corrected chi connectivity index (χ2v) is 8.85. The summed E-state index contributed by atoms with van der Waals surface area (Å²) in [5.74, 6) is -0.798. The molecule has 1 aromatic heterocycles. The van der Waals surface area contributed by atoms with Gasteiger partial charge in [-0.1, -0.05) is 38.5 Å². The van der Waals surface area contributed by atoms with Crippen LogP contribution in [0.2, 0.25) is 0 Å². The first-order chi connectivity index (χ1) is 15.1. The number of methoxy groups -OCH3 is 1. The predicted octanol–water partition coefficient (Wildman–Crippen LogP) is 2.50. The van der Waals surface area contributed by atoms with Crippen LogP contribution in [-0.4, -0.2) is 46.5 Å². The van der Waals surface area contributed by atoms with Crippen molar-refractivity contribution < 1.29 is 19.1 Å². The van der Waals surface area contributed by atoms with Gasteiger partial charge in [0.2, 0.25) is 11.8 Å². The molecule has 2 bridgehead atoms. The number of nitrogens with one attached hydrogen (secondary N) is 2. The Bertz CT molecular complexity index is 742.